The molecule has 138 valence electrons. The number of aromatic nitrogens is 3. The average Bonchev–Trinajstić information content (AvgIpc) is 3.32. The molecule has 0 amide bonds. The second-order valence-corrected chi connectivity index (χ2v) is 8.36. The highest BCUT2D eigenvalue weighted by molar-refractivity contribution is 7.89. The first-order valence-corrected chi connectivity index (χ1v) is 9.73. The minimum Gasteiger partial charge on any atom is -0.337 e. The minimum atomic E-state index is -3.45. The van der Waals surface area contributed by atoms with Crippen LogP contribution in [0.5, 0.6) is 0 Å². The number of hydrogen-bond acceptors (Lipinski definition) is 6. The molecule has 0 fully saturated rings. The van der Waals surface area contributed by atoms with Crippen LogP contribution in [0.2, 0.25) is 0 Å². The quantitative estimate of drug-likeness (QED) is 0.730. The van der Waals surface area contributed by atoms with E-state index in [1.165, 1.54) is 18.4 Å². The molecule has 1 aliphatic heterocycles. The standard InChI is InChI=1S/C18H18N6O2S/c1-23(2)27(25,26)15-5-3-14(4-6-15)22-17-18-21-12-16(13-7-8-19-11-13)24(18)10-9-20-17/h3-7,9-12H,8H2,1-2H3,(H,20,22). The molecule has 0 atom stereocenters. The largest absolute Gasteiger partial charge is 0.337 e. The van der Waals surface area contributed by atoms with Gasteiger partial charge in [-0.1, -0.05) is 6.08 Å². The molecule has 4 rings (SSSR count). The molecule has 2 aromatic heterocycles. The summed E-state index contributed by atoms with van der Waals surface area (Å²) < 4.78 is 27.5. The zero-order chi connectivity index (χ0) is 19.0. The number of anilines is 2. The van der Waals surface area contributed by atoms with E-state index in [1.807, 2.05) is 22.9 Å². The fourth-order valence-electron chi connectivity index (χ4n) is 2.80. The minimum absolute atomic E-state index is 0.236. The fourth-order valence-corrected chi connectivity index (χ4v) is 3.71. The van der Waals surface area contributed by atoms with E-state index in [4.69, 9.17) is 0 Å². The Hall–Kier alpha value is -3.04. The smallest absolute Gasteiger partial charge is 0.242 e. The second-order valence-electron chi connectivity index (χ2n) is 6.20. The Bertz CT molecular complexity index is 1160. The number of nitrogens with zero attached hydrogens (tertiary/aromatic N) is 5. The molecule has 0 bridgehead atoms. The van der Waals surface area contributed by atoms with Gasteiger partial charge >= 0.3 is 0 Å². The molecule has 0 spiro atoms. The van der Waals surface area contributed by atoms with Crippen molar-refractivity contribution in [1.29, 1.82) is 0 Å². The molecule has 0 unspecified atom stereocenters. The van der Waals surface area contributed by atoms with Crippen molar-refractivity contribution in [3.63, 3.8) is 0 Å². The molecule has 1 N–H and O–H groups in total. The molecule has 0 radical (unpaired) electrons. The van der Waals surface area contributed by atoms with Gasteiger partial charge in [0, 0.05) is 44.0 Å². The highest BCUT2D eigenvalue weighted by Gasteiger charge is 2.17. The van der Waals surface area contributed by atoms with Gasteiger partial charge in [-0.2, -0.15) is 0 Å². The van der Waals surface area contributed by atoms with Gasteiger partial charge in [0.05, 0.1) is 23.3 Å². The lowest BCUT2D eigenvalue weighted by Gasteiger charge is -2.12. The number of sulfonamides is 1. The Kier molecular flexibility index (Phi) is 4.25. The second kappa shape index (κ2) is 6.60. The number of benzene rings is 1. The zero-order valence-electron chi connectivity index (χ0n) is 14.9. The van der Waals surface area contributed by atoms with Crippen LogP contribution in [0.1, 0.15) is 5.69 Å². The van der Waals surface area contributed by atoms with E-state index in [0.29, 0.717) is 18.0 Å². The topological polar surface area (TPSA) is 92.0 Å². The first kappa shape index (κ1) is 17.4. The van der Waals surface area contributed by atoms with Crippen LogP contribution < -0.4 is 5.32 Å². The van der Waals surface area contributed by atoms with Crippen LogP contribution in [0.4, 0.5) is 11.5 Å². The molecule has 8 nitrogen and oxygen atoms in total. The van der Waals surface area contributed by atoms with E-state index < -0.39 is 10.0 Å². The van der Waals surface area contributed by atoms with E-state index >= 15 is 0 Å². The predicted molar refractivity (Wildman–Crippen MR) is 105 cm³/mol. The third kappa shape index (κ3) is 3.11. The van der Waals surface area contributed by atoms with E-state index in [1.54, 1.807) is 36.7 Å². The van der Waals surface area contributed by atoms with Crippen LogP contribution in [-0.4, -0.2) is 53.9 Å². The van der Waals surface area contributed by atoms with Crippen LogP contribution in [0, 0.1) is 0 Å². The van der Waals surface area contributed by atoms with Gasteiger partial charge in [0.15, 0.2) is 11.5 Å². The third-order valence-corrected chi connectivity index (χ3v) is 6.10. The van der Waals surface area contributed by atoms with Crippen molar-refractivity contribution < 1.29 is 8.42 Å². The van der Waals surface area contributed by atoms with Crippen molar-refractivity contribution >= 4 is 39.0 Å². The van der Waals surface area contributed by atoms with Gasteiger partial charge in [0.2, 0.25) is 10.0 Å². The van der Waals surface area contributed by atoms with Gasteiger partial charge in [-0.25, -0.2) is 22.7 Å². The van der Waals surface area contributed by atoms with Gasteiger partial charge < -0.3 is 5.32 Å². The van der Waals surface area contributed by atoms with E-state index in [0.717, 1.165) is 17.0 Å². The van der Waals surface area contributed by atoms with Crippen molar-refractivity contribution in [2.45, 2.75) is 4.90 Å². The molecule has 0 aliphatic carbocycles. The maximum Gasteiger partial charge on any atom is 0.242 e. The van der Waals surface area contributed by atoms with Gasteiger partial charge in [-0.3, -0.25) is 9.39 Å². The van der Waals surface area contributed by atoms with Crippen LogP contribution in [-0.2, 0) is 10.0 Å². The molecule has 1 aromatic carbocycles. The van der Waals surface area contributed by atoms with E-state index in [-0.39, 0.29) is 4.90 Å². The zero-order valence-corrected chi connectivity index (χ0v) is 15.7. The normalized spacial score (nSPS) is 14.1. The summed E-state index contributed by atoms with van der Waals surface area (Å²) >= 11 is 0. The maximum atomic E-state index is 12.2. The lowest BCUT2D eigenvalue weighted by molar-refractivity contribution is 0.521. The number of allylic oxidation sites excluding steroid dienone is 1. The SMILES string of the molecule is CN(C)S(=O)(=O)c1ccc(Nc2nccn3c(C4=CCN=C4)cnc23)cc1. The average molecular weight is 382 g/mol. The van der Waals surface area contributed by atoms with Gasteiger partial charge in [0.1, 0.15) is 0 Å². The number of aliphatic imine (C=N–C) groups is 1. The highest BCUT2D eigenvalue weighted by atomic mass is 32.2. The summed E-state index contributed by atoms with van der Waals surface area (Å²) in [6.45, 7) is 0.682. The molecule has 27 heavy (non-hydrogen) atoms. The molecule has 3 heterocycles. The van der Waals surface area contributed by atoms with Crippen molar-refractivity contribution in [3.8, 4) is 0 Å². The summed E-state index contributed by atoms with van der Waals surface area (Å²) in [5.74, 6) is 0.586. The van der Waals surface area contributed by atoms with Crippen molar-refractivity contribution in [3.05, 3.63) is 54.6 Å². The number of rotatable bonds is 5. The third-order valence-electron chi connectivity index (χ3n) is 4.27. The predicted octanol–water partition coefficient (Wildman–Crippen LogP) is 2.19. The molecule has 0 saturated carbocycles. The molecule has 3 aromatic rings. The van der Waals surface area contributed by atoms with Crippen LogP contribution in [0.15, 0.2) is 58.8 Å². The van der Waals surface area contributed by atoms with E-state index in [2.05, 4.69) is 20.3 Å². The first-order valence-electron chi connectivity index (χ1n) is 8.29. The Balaban J connectivity index is 1.65. The summed E-state index contributed by atoms with van der Waals surface area (Å²) in [4.78, 5) is 13.3. The fraction of sp³-hybridized carbons (Fsp3) is 0.167. The number of hydrogen-bond donors (Lipinski definition) is 1. The number of imidazole rings is 1. The summed E-state index contributed by atoms with van der Waals surface area (Å²) in [6, 6.07) is 6.54. The van der Waals surface area contributed by atoms with E-state index in [9.17, 15) is 8.42 Å². The summed E-state index contributed by atoms with van der Waals surface area (Å²) in [5, 5.41) is 3.20. The first-order chi connectivity index (χ1) is 13.0. The Morgan fingerprint density at radius 1 is 1.15 bits per heavy atom. The molecular formula is C18H18N6O2S. The Morgan fingerprint density at radius 3 is 2.59 bits per heavy atom. The van der Waals surface area contributed by atoms with Crippen molar-refractivity contribution in [1.82, 2.24) is 18.7 Å². The van der Waals surface area contributed by atoms with Gasteiger partial charge in [-0.15, -0.1) is 0 Å². The molecule has 0 saturated heterocycles. The van der Waals surface area contributed by atoms with Crippen LogP contribution >= 0.6 is 0 Å². The summed E-state index contributed by atoms with van der Waals surface area (Å²) in [5.41, 5.74) is 3.38. The monoisotopic (exact) mass is 382 g/mol. The molecule has 1 aliphatic rings. The number of nitrogens with one attached hydrogen (secondary N) is 1. The Morgan fingerprint density at radius 2 is 1.93 bits per heavy atom. The van der Waals surface area contributed by atoms with Crippen LogP contribution in [0.3, 0.4) is 0 Å². The lowest BCUT2D eigenvalue weighted by Crippen LogP contribution is -2.22. The van der Waals surface area contributed by atoms with Crippen molar-refractivity contribution in [2.24, 2.45) is 4.99 Å². The highest BCUT2D eigenvalue weighted by Crippen LogP contribution is 2.24. The van der Waals surface area contributed by atoms with Gasteiger partial charge in [-0.05, 0) is 24.3 Å². The van der Waals surface area contributed by atoms with Crippen LogP contribution in [0.25, 0.3) is 11.2 Å². The summed E-state index contributed by atoms with van der Waals surface area (Å²) in [7, 11) is -0.440. The Labute approximate surface area is 157 Å². The summed E-state index contributed by atoms with van der Waals surface area (Å²) in [6.07, 6.45) is 9.21. The lowest BCUT2D eigenvalue weighted by atomic mass is 10.2. The van der Waals surface area contributed by atoms with Crippen molar-refractivity contribution in [2.75, 3.05) is 26.0 Å². The number of fused-ring (bicyclic) bond motifs is 1. The van der Waals surface area contributed by atoms with Gasteiger partial charge in [0.25, 0.3) is 0 Å². The molecule has 9 heteroatoms. The maximum absolute atomic E-state index is 12.2. The molecular weight excluding hydrogens is 364 g/mol.